The van der Waals surface area contributed by atoms with Gasteiger partial charge in [0.15, 0.2) is 0 Å². The van der Waals surface area contributed by atoms with E-state index in [4.69, 9.17) is 9.52 Å². The number of furan rings is 1. The molecule has 0 bridgehead atoms. The second kappa shape index (κ2) is 4.08. The van der Waals surface area contributed by atoms with E-state index < -0.39 is 5.97 Å². The maximum Gasteiger partial charge on any atom is 0.335 e. The van der Waals surface area contributed by atoms with E-state index >= 15 is 0 Å². The summed E-state index contributed by atoms with van der Waals surface area (Å²) in [7, 11) is 0. The fourth-order valence-electron chi connectivity index (χ4n) is 1.54. The maximum absolute atomic E-state index is 10.9. The molecule has 0 fully saturated rings. The average Bonchev–Trinajstić information content (AvgIpc) is 2.61. The smallest absolute Gasteiger partial charge is 0.335 e. The first kappa shape index (κ1) is 11.4. The van der Waals surface area contributed by atoms with Crippen molar-refractivity contribution in [2.24, 2.45) is 0 Å². The topological polar surface area (TPSA) is 50.4 Å². The van der Waals surface area contributed by atoms with Crippen molar-refractivity contribution in [1.29, 1.82) is 0 Å². The molecular weight excluding hydrogens is 319 g/mol. The molecule has 84 valence electrons. The molecule has 16 heavy (non-hydrogen) atoms. The van der Waals surface area contributed by atoms with E-state index in [9.17, 15) is 4.79 Å². The van der Waals surface area contributed by atoms with Gasteiger partial charge in [-0.15, -0.1) is 0 Å². The summed E-state index contributed by atoms with van der Waals surface area (Å²) in [6.07, 6.45) is 0. The molecule has 1 heterocycles. The number of carboxylic acids is 1. The van der Waals surface area contributed by atoms with Gasteiger partial charge in [-0.25, -0.2) is 4.79 Å². The molecule has 1 aromatic heterocycles. The number of fused-ring (bicyclic) bond motifs is 1. The molecule has 0 atom stereocenters. The van der Waals surface area contributed by atoms with Crippen LogP contribution < -0.4 is 0 Å². The number of aromatic carboxylic acids is 1. The standard InChI is InChI=1S/C12H11IO3/c1-6(2)10-5-7-3-8(12(14)15)4-9(13)11(7)16-10/h3-6H,1-2H3,(H,14,15). The number of halogens is 1. The van der Waals surface area contributed by atoms with Crippen molar-refractivity contribution in [3.63, 3.8) is 0 Å². The van der Waals surface area contributed by atoms with Crippen LogP contribution in [-0.4, -0.2) is 11.1 Å². The lowest BCUT2D eigenvalue weighted by atomic mass is 10.1. The highest BCUT2D eigenvalue weighted by atomic mass is 127. The zero-order valence-corrected chi connectivity index (χ0v) is 11.1. The molecular formula is C12H11IO3. The molecule has 1 aromatic carbocycles. The van der Waals surface area contributed by atoms with E-state index in [1.54, 1.807) is 12.1 Å². The molecule has 0 spiro atoms. The van der Waals surface area contributed by atoms with Gasteiger partial charge >= 0.3 is 5.97 Å². The quantitative estimate of drug-likeness (QED) is 0.851. The predicted octanol–water partition coefficient (Wildman–Crippen LogP) is 3.86. The number of carbonyl (C=O) groups is 1. The van der Waals surface area contributed by atoms with Gasteiger partial charge in [-0.2, -0.15) is 0 Å². The predicted molar refractivity (Wildman–Crippen MR) is 70.0 cm³/mol. The second-order valence-electron chi connectivity index (χ2n) is 3.99. The molecule has 0 saturated heterocycles. The molecule has 4 heteroatoms. The van der Waals surface area contributed by atoms with Crippen molar-refractivity contribution < 1.29 is 14.3 Å². The van der Waals surface area contributed by atoms with Gasteiger partial charge in [-0.1, -0.05) is 13.8 Å². The molecule has 0 aliphatic rings. The minimum absolute atomic E-state index is 0.299. The van der Waals surface area contributed by atoms with Crippen molar-refractivity contribution in [2.75, 3.05) is 0 Å². The van der Waals surface area contributed by atoms with Crippen molar-refractivity contribution in [3.8, 4) is 0 Å². The van der Waals surface area contributed by atoms with Gasteiger partial charge in [0.2, 0.25) is 0 Å². The molecule has 0 unspecified atom stereocenters. The Bertz CT molecular complexity index is 555. The SMILES string of the molecule is CC(C)c1cc2cc(C(=O)O)cc(I)c2o1. The normalized spacial score (nSPS) is 11.2. The number of benzene rings is 1. The summed E-state index contributed by atoms with van der Waals surface area (Å²) in [6.45, 7) is 4.09. The summed E-state index contributed by atoms with van der Waals surface area (Å²) in [6, 6.07) is 5.18. The summed E-state index contributed by atoms with van der Waals surface area (Å²) in [5.74, 6) is 0.277. The van der Waals surface area contributed by atoms with E-state index in [2.05, 4.69) is 22.6 Å². The van der Waals surface area contributed by atoms with Crippen LogP contribution in [0, 0.1) is 3.57 Å². The molecule has 0 aliphatic carbocycles. The molecule has 3 nitrogen and oxygen atoms in total. The first-order valence-corrected chi connectivity index (χ1v) is 6.03. The molecule has 2 rings (SSSR count). The number of rotatable bonds is 2. The Balaban J connectivity index is 2.68. The molecule has 2 aromatic rings. The lowest BCUT2D eigenvalue weighted by Gasteiger charge is -1.97. The van der Waals surface area contributed by atoms with E-state index in [0.29, 0.717) is 11.5 Å². The Morgan fingerprint density at radius 1 is 1.38 bits per heavy atom. The van der Waals surface area contributed by atoms with Crippen LogP contribution in [-0.2, 0) is 0 Å². The van der Waals surface area contributed by atoms with Crippen LogP contribution in [0.15, 0.2) is 22.6 Å². The Labute approximate surface area is 107 Å². The van der Waals surface area contributed by atoms with E-state index in [0.717, 1.165) is 20.3 Å². The van der Waals surface area contributed by atoms with Crippen molar-refractivity contribution >= 4 is 39.5 Å². The zero-order valence-electron chi connectivity index (χ0n) is 8.95. The highest BCUT2D eigenvalue weighted by Crippen LogP contribution is 2.29. The van der Waals surface area contributed by atoms with Gasteiger partial charge in [0, 0.05) is 11.3 Å². The summed E-state index contributed by atoms with van der Waals surface area (Å²) in [4.78, 5) is 10.9. The van der Waals surface area contributed by atoms with Crippen LogP contribution in [0.2, 0.25) is 0 Å². The average molecular weight is 330 g/mol. The van der Waals surface area contributed by atoms with Crippen molar-refractivity contribution in [2.45, 2.75) is 19.8 Å². The third kappa shape index (κ3) is 1.93. The lowest BCUT2D eigenvalue weighted by Crippen LogP contribution is -1.96. The van der Waals surface area contributed by atoms with Gasteiger partial charge in [0.25, 0.3) is 0 Å². The van der Waals surface area contributed by atoms with Gasteiger partial charge in [0.05, 0.1) is 9.13 Å². The van der Waals surface area contributed by atoms with Crippen LogP contribution in [0.1, 0.15) is 35.9 Å². The van der Waals surface area contributed by atoms with Gasteiger partial charge in [-0.3, -0.25) is 0 Å². The Morgan fingerprint density at radius 3 is 2.62 bits per heavy atom. The molecule has 1 N–H and O–H groups in total. The third-order valence-corrected chi connectivity index (χ3v) is 3.21. The highest BCUT2D eigenvalue weighted by Gasteiger charge is 2.13. The maximum atomic E-state index is 10.9. The Kier molecular flexibility index (Phi) is 2.92. The minimum atomic E-state index is -0.910. The van der Waals surface area contributed by atoms with Crippen LogP contribution in [0.5, 0.6) is 0 Å². The van der Waals surface area contributed by atoms with Gasteiger partial charge in [0.1, 0.15) is 11.3 Å². The largest absolute Gasteiger partial charge is 0.478 e. The van der Waals surface area contributed by atoms with Gasteiger partial charge < -0.3 is 9.52 Å². The van der Waals surface area contributed by atoms with Crippen LogP contribution in [0.25, 0.3) is 11.0 Å². The Hall–Kier alpha value is -1.04. The molecule has 0 aliphatic heterocycles. The number of hydrogen-bond acceptors (Lipinski definition) is 2. The van der Waals surface area contributed by atoms with Crippen molar-refractivity contribution in [3.05, 3.63) is 33.1 Å². The molecule has 0 amide bonds. The van der Waals surface area contributed by atoms with E-state index in [-0.39, 0.29) is 0 Å². The van der Waals surface area contributed by atoms with Crippen LogP contribution in [0.4, 0.5) is 0 Å². The zero-order chi connectivity index (χ0) is 11.9. The van der Waals surface area contributed by atoms with Gasteiger partial charge in [-0.05, 0) is 40.8 Å². The first-order chi connectivity index (χ1) is 7.49. The summed E-state index contributed by atoms with van der Waals surface area (Å²) < 4.78 is 6.53. The summed E-state index contributed by atoms with van der Waals surface area (Å²) >= 11 is 2.10. The monoisotopic (exact) mass is 330 g/mol. The summed E-state index contributed by atoms with van der Waals surface area (Å²) in [5, 5.41) is 9.81. The summed E-state index contributed by atoms with van der Waals surface area (Å²) in [5.41, 5.74) is 1.07. The lowest BCUT2D eigenvalue weighted by molar-refractivity contribution is 0.0697. The molecule has 0 radical (unpaired) electrons. The molecule has 0 saturated carbocycles. The first-order valence-electron chi connectivity index (χ1n) is 4.95. The third-order valence-electron chi connectivity index (χ3n) is 2.41. The number of carboxylic acid groups (broad SMARTS) is 1. The van der Waals surface area contributed by atoms with E-state index in [1.807, 2.05) is 19.9 Å². The number of hydrogen-bond donors (Lipinski definition) is 1. The fourth-order valence-corrected chi connectivity index (χ4v) is 2.30. The Morgan fingerprint density at radius 2 is 2.06 bits per heavy atom. The minimum Gasteiger partial charge on any atom is -0.478 e. The van der Waals surface area contributed by atoms with Crippen LogP contribution in [0.3, 0.4) is 0 Å². The van der Waals surface area contributed by atoms with Crippen LogP contribution >= 0.6 is 22.6 Å². The van der Waals surface area contributed by atoms with E-state index in [1.165, 1.54) is 0 Å². The fraction of sp³-hybridized carbons (Fsp3) is 0.250. The highest BCUT2D eigenvalue weighted by molar-refractivity contribution is 14.1. The van der Waals surface area contributed by atoms with Crippen molar-refractivity contribution in [1.82, 2.24) is 0 Å². The second-order valence-corrected chi connectivity index (χ2v) is 5.15.